The maximum absolute atomic E-state index is 13.4. The molecule has 1 fully saturated rings. The molecule has 0 spiro atoms. The van der Waals surface area contributed by atoms with Crippen molar-refractivity contribution < 1.29 is 4.39 Å². The Labute approximate surface area is 146 Å². The minimum atomic E-state index is -0.179. The Morgan fingerprint density at radius 2 is 2.16 bits per heavy atom. The van der Waals surface area contributed by atoms with Gasteiger partial charge in [0.1, 0.15) is 11.6 Å². The molecule has 1 atom stereocenters. The Morgan fingerprint density at radius 1 is 1.28 bits per heavy atom. The summed E-state index contributed by atoms with van der Waals surface area (Å²) >= 11 is 0. The van der Waals surface area contributed by atoms with Crippen LogP contribution in [0.15, 0.2) is 36.4 Å². The average Bonchev–Trinajstić information content (AvgIpc) is 2.96. The van der Waals surface area contributed by atoms with Crippen LogP contribution < -0.4 is 5.73 Å². The van der Waals surface area contributed by atoms with Crippen LogP contribution in [0, 0.1) is 12.7 Å². The molecule has 1 aliphatic rings. The summed E-state index contributed by atoms with van der Waals surface area (Å²) in [4.78, 5) is 7.14. The van der Waals surface area contributed by atoms with Crippen LogP contribution in [0.1, 0.15) is 35.7 Å². The number of fused-ring (bicyclic) bond motifs is 1. The van der Waals surface area contributed by atoms with Crippen LogP contribution in [0.5, 0.6) is 0 Å². The highest BCUT2D eigenvalue weighted by atomic mass is 19.1. The highest BCUT2D eigenvalue weighted by Gasteiger charge is 2.23. The summed E-state index contributed by atoms with van der Waals surface area (Å²) in [6, 6.07) is 10.7. The maximum Gasteiger partial charge on any atom is 0.157 e. The second kappa shape index (κ2) is 6.44. The number of anilines is 1. The van der Waals surface area contributed by atoms with Crippen molar-refractivity contribution >= 4 is 11.5 Å². The zero-order chi connectivity index (χ0) is 17.4. The first kappa shape index (κ1) is 16.0. The minimum Gasteiger partial charge on any atom is -0.384 e. The second-order valence-corrected chi connectivity index (χ2v) is 6.87. The molecule has 5 nitrogen and oxygen atoms in total. The Kier molecular flexibility index (Phi) is 4.13. The normalized spacial score (nSPS) is 18.7. The molecule has 25 heavy (non-hydrogen) atoms. The molecule has 2 N–H and O–H groups in total. The summed E-state index contributed by atoms with van der Waals surface area (Å²) in [5.74, 6) is 0.780. The van der Waals surface area contributed by atoms with Crippen LogP contribution in [-0.2, 0) is 6.54 Å². The van der Waals surface area contributed by atoms with E-state index in [1.807, 2.05) is 25.1 Å². The molecule has 2 aromatic heterocycles. The standard InChI is InChI=1S/C19H22FN5/c1-13-8-19-22-17(10-18(21)25(19)23-13)15-5-3-7-24(12-15)11-14-4-2-6-16(20)9-14/h2,4,6,8-10,15H,3,5,7,11-12,21H2,1H3. The highest BCUT2D eigenvalue weighted by Crippen LogP contribution is 2.28. The van der Waals surface area contributed by atoms with E-state index in [0.717, 1.165) is 55.1 Å². The van der Waals surface area contributed by atoms with E-state index in [0.29, 0.717) is 11.7 Å². The summed E-state index contributed by atoms with van der Waals surface area (Å²) in [5, 5.41) is 4.36. The van der Waals surface area contributed by atoms with Crippen LogP contribution >= 0.6 is 0 Å². The third kappa shape index (κ3) is 3.35. The van der Waals surface area contributed by atoms with Gasteiger partial charge in [0.25, 0.3) is 0 Å². The number of aromatic nitrogens is 3. The van der Waals surface area contributed by atoms with E-state index in [1.54, 1.807) is 16.6 Å². The van der Waals surface area contributed by atoms with Gasteiger partial charge in [-0.2, -0.15) is 9.61 Å². The van der Waals surface area contributed by atoms with Crippen LogP contribution in [0.25, 0.3) is 5.65 Å². The number of nitrogens with zero attached hydrogens (tertiary/aromatic N) is 4. The van der Waals surface area contributed by atoms with Gasteiger partial charge in [0.15, 0.2) is 5.65 Å². The van der Waals surface area contributed by atoms with E-state index < -0.39 is 0 Å². The zero-order valence-electron chi connectivity index (χ0n) is 14.3. The molecule has 0 saturated carbocycles. The van der Waals surface area contributed by atoms with Crippen LogP contribution in [0.4, 0.5) is 10.2 Å². The van der Waals surface area contributed by atoms with Crippen molar-refractivity contribution in [2.45, 2.75) is 32.2 Å². The van der Waals surface area contributed by atoms with Crippen LogP contribution in [-0.4, -0.2) is 32.6 Å². The molecule has 0 amide bonds. The molecule has 0 radical (unpaired) electrons. The van der Waals surface area contributed by atoms with Gasteiger partial charge < -0.3 is 5.73 Å². The molecule has 3 heterocycles. The molecule has 3 aromatic rings. The van der Waals surface area contributed by atoms with Gasteiger partial charge in [0.2, 0.25) is 0 Å². The fraction of sp³-hybridized carbons (Fsp3) is 0.368. The Balaban J connectivity index is 1.54. The van der Waals surface area contributed by atoms with E-state index in [4.69, 9.17) is 10.7 Å². The van der Waals surface area contributed by atoms with Gasteiger partial charge in [-0.05, 0) is 44.0 Å². The molecule has 0 aliphatic carbocycles. The lowest BCUT2D eigenvalue weighted by atomic mass is 9.94. The molecule has 130 valence electrons. The lowest BCUT2D eigenvalue weighted by Gasteiger charge is -2.32. The van der Waals surface area contributed by atoms with E-state index in [-0.39, 0.29) is 5.82 Å². The smallest absolute Gasteiger partial charge is 0.157 e. The van der Waals surface area contributed by atoms with E-state index in [9.17, 15) is 4.39 Å². The summed E-state index contributed by atoms with van der Waals surface area (Å²) in [6.07, 6.45) is 2.19. The highest BCUT2D eigenvalue weighted by molar-refractivity contribution is 5.48. The van der Waals surface area contributed by atoms with Gasteiger partial charge in [-0.3, -0.25) is 4.90 Å². The molecule has 1 unspecified atom stereocenters. The fourth-order valence-electron chi connectivity index (χ4n) is 3.68. The van der Waals surface area contributed by atoms with Gasteiger partial charge in [-0.1, -0.05) is 12.1 Å². The monoisotopic (exact) mass is 339 g/mol. The van der Waals surface area contributed by atoms with E-state index in [2.05, 4.69) is 10.00 Å². The number of piperidine rings is 1. The average molecular weight is 339 g/mol. The van der Waals surface area contributed by atoms with Crippen LogP contribution in [0.3, 0.4) is 0 Å². The number of benzene rings is 1. The van der Waals surface area contributed by atoms with Crippen LogP contribution in [0.2, 0.25) is 0 Å². The van der Waals surface area contributed by atoms with Crippen molar-refractivity contribution in [3.63, 3.8) is 0 Å². The van der Waals surface area contributed by atoms with E-state index >= 15 is 0 Å². The van der Waals surface area contributed by atoms with Crippen molar-refractivity contribution in [1.29, 1.82) is 0 Å². The lowest BCUT2D eigenvalue weighted by Crippen LogP contribution is -2.34. The molecular weight excluding hydrogens is 317 g/mol. The topological polar surface area (TPSA) is 59.5 Å². The molecular formula is C19H22FN5. The van der Waals surface area contributed by atoms with Crippen molar-refractivity contribution in [2.75, 3.05) is 18.8 Å². The summed E-state index contributed by atoms with van der Waals surface area (Å²) in [7, 11) is 0. The first-order valence-corrected chi connectivity index (χ1v) is 8.68. The Morgan fingerprint density at radius 3 is 3.00 bits per heavy atom. The predicted octanol–water partition coefficient (Wildman–Crippen LogP) is 3.14. The van der Waals surface area contributed by atoms with Gasteiger partial charge in [-0.15, -0.1) is 0 Å². The summed E-state index contributed by atoms with van der Waals surface area (Å²) in [5.41, 5.74) is 9.90. The van der Waals surface area contributed by atoms with Crippen molar-refractivity contribution in [1.82, 2.24) is 19.5 Å². The third-order valence-corrected chi connectivity index (χ3v) is 4.82. The molecule has 1 aromatic carbocycles. The number of aryl methyl sites for hydroxylation is 1. The SMILES string of the molecule is Cc1cc2nc(C3CCCN(Cc4cccc(F)c4)C3)cc(N)n2n1. The number of halogens is 1. The quantitative estimate of drug-likeness (QED) is 0.796. The molecule has 6 heteroatoms. The molecule has 1 saturated heterocycles. The number of nitrogens with two attached hydrogens (primary N) is 1. The largest absolute Gasteiger partial charge is 0.384 e. The van der Waals surface area contributed by atoms with Gasteiger partial charge in [-0.25, -0.2) is 9.37 Å². The fourth-order valence-corrected chi connectivity index (χ4v) is 3.68. The first-order valence-electron chi connectivity index (χ1n) is 8.68. The number of likely N-dealkylation sites (tertiary alicyclic amines) is 1. The van der Waals surface area contributed by atoms with Gasteiger partial charge in [0.05, 0.1) is 11.4 Å². The number of nitrogen functional groups attached to an aromatic ring is 1. The Hall–Kier alpha value is -2.47. The first-order chi connectivity index (χ1) is 12.1. The van der Waals surface area contributed by atoms with Crippen molar-refractivity contribution in [3.8, 4) is 0 Å². The molecule has 1 aliphatic heterocycles. The van der Waals surface area contributed by atoms with Gasteiger partial charge >= 0.3 is 0 Å². The predicted molar refractivity (Wildman–Crippen MR) is 95.8 cm³/mol. The molecule has 0 bridgehead atoms. The second-order valence-electron chi connectivity index (χ2n) is 6.87. The number of rotatable bonds is 3. The third-order valence-electron chi connectivity index (χ3n) is 4.82. The van der Waals surface area contributed by atoms with Gasteiger partial charge in [0, 0.05) is 31.1 Å². The number of hydrogen-bond donors (Lipinski definition) is 1. The van der Waals surface area contributed by atoms with E-state index in [1.165, 1.54) is 6.07 Å². The lowest BCUT2D eigenvalue weighted by molar-refractivity contribution is 0.198. The summed E-state index contributed by atoms with van der Waals surface area (Å²) in [6.45, 7) is 4.63. The molecule has 4 rings (SSSR count). The zero-order valence-corrected chi connectivity index (χ0v) is 14.3. The maximum atomic E-state index is 13.4. The van der Waals surface area contributed by atoms with Crippen molar-refractivity contribution in [3.05, 3.63) is 59.2 Å². The van der Waals surface area contributed by atoms with Crippen molar-refractivity contribution in [2.24, 2.45) is 0 Å². The minimum absolute atomic E-state index is 0.179. The summed E-state index contributed by atoms with van der Waals surface area (Å²) < 4.78 is 15.1. The number of hydrogen-bond acceptors (Lipinski definition) is 4. The Bertz CT molecular complexity index is 904.